The van der Waals surface area contributed by atoms with Crippen molar-refractivity contribution in [3.05, 3.63) is 48.6 Å². The summed E-state index contributed by atoms with van der Waals surface area (Å²) in [6.45, 7) is 5.66. The summed E-state index contributed by atoms with van der Waals surface area (Å²) >= 11 is 0. The third kappa shape index (κ3) is 37.1. The van der Waals surface area contributed by atoms with Crippen LogP contribution in [-0.2, 0) is 23.8 Å². The standard InChI is InChI=1S/C60H109NO10/c1-4-7-10-13-16-19-22-25-27-28-29-32-35-38-41-44-47-53(64)59(68)61-51(52(63)46-43-40-37-34-31-24-21-18-15-12-9-6-3)50-69-60-58(57(67)56(66)54(49-62)70-60)71-55(65)48-45-42-39-36-33-30-26-23-20-17-14-11-8-5-2/h8,11,17,20,26,30,43,46,51-54,56-58,60,62-64,66-67H,4-7,9-10,12-16,18-19,21-25,27-29,31-42,44-45,47-50H2,1-3H3,(H,61,68)/b11-8+,20-17+,30-26+,46-43+. The summed E-state index contributed by atoms with van der Waals surface area (Å²) in [5.41, 5.74) is 0. The number of carbonyl (C=O) groups is 2. The highest BCUT2D eigenvalue weighted by molar-refractivity contribution is 5.80. The SMILES string of the molecule is CC/C=C/C/C=C/C/C=C/CCCCCCC(=O)OC1C(OCC(NC(=O)C(O)CCCCCCCCCCCCCCCCCC)C(O)/C=C/CCCCCCCCCCCC)OC(CO)C(O)C1O. The van der Waals surface area contributed by atoms with Crippen LogP contribution in [0.2, 0.25) is 0 Å². The van der Waals surface area contributed by atoms with Crippen LogP contribution in [0, 0.1) is 0 Å². The molecule has 0 bridgehead atoms. The van der Waals surface area contributed by atoms with Crippen molar-refractivity contribution in [2.75, 3.05) is 13.2 Å². The Hall–Kier alpha value is -2.38. The molecule has 0 aromatic rings. The van der Waals surface area contributed by atoms with Gasteiger partial charge in [0.2, 0.25) is 5.91 Å². The van der Waals surface area contributed by atoms with Crippen molar-refractivity contribution < 1.29 is 49.3 Å². The van der Waals surface area contributed by atoms with Crippen LogP contribution in [0.15, 0.2) is 48.6 Å². The van der Waals surface area contributed by atoms with E-state index < -0.39 is 67.4 Å². The van der Waals surface area contributed by atoms with E-state index >= 15 is 0 Å². The van der Waals surface area contributed by atoms with Crippen molar-refractivity contribution in [2.45, 2.75) is 307 Å². The molecule has 6 N–H and O–H groups in total. The maximum atomic E-state index is 13.4. The number of rotatable bonds is 49. The van der Waals surface area contributed by atoms with Crippen LogP contribution in [0.5, 0.6) is 0 Å². The summed E-state index contributed by atoms with van der Waals surface area (Å²) in [5.74, 6) is -1.21. The van der Waals surface area contributed by atoms with Gasteiger partial charge in [0, 0.05) is 6.42 Å². The molecule has 0 saturated carbocycles. The van der Waals surface area contributed by atoms with Crippen LogP contribution < -0.4 is 5.32 Å². The lowest BCUT2D eigenvalue weighted by Gasteiger charge is -2.41. The van der Waals surface area contributed by atoms with Gasteiger partial charge in [-0.25, -0.2) is 0 Å². The minimum absolute atomic E-state index is 0.0983. The van der Waals surface area contributed by atoms with Gasteiger partial charge in [0.25, 0.3) is 0 Å². The topological polar surface area (TPSA) is 175 Å². The van der Waals surface area contributed by atoms with Gasteiger partial charge in [-0.1, -0.05) is 243 Å². The number of hydrogen-bond acceptors (Lipinski definition) is 10. The highest BCUT2D eigenvalue weighted by Crippen LogP contribution is 2.26. The minimum atomic E-state index is -1.62. The molecule has 1 aliphatic heterocycles. The second-order valence-corrected chi connectivity index (χ2v) is 20.4. The third-order valence-electron chi connectivity index (χ3n) is 13.7. The monoisotopic (exact) mass is 1000 g/mol. The lowest BCUT2D eigenvalue weighted by atomic mass is 9.99. The summed E-state index contributed by atoms with van der Waals surface area (Å²) in [5, 5.41) is 56.8. The number of nitrogens with one attached hydrogen (secondary N) is 1. The molecule has 1 rings (SSSR count). The van der Waals surface area contributed by atoms with E-state index in [4.69, 9.17) is 14.2 Å². The Morgan fingerprint density at radius 3 is 1.52 bits per heavy atom. The van der Waals surface area contributed by atoms with E-state index in [0.29, 0.717) is 19.3 Å². The minimum Gasteiger partial charge on any atom is -0.454 e. The zero-order valence-corrected chi connectivity index (χ0v) is 45.6. The number of esters is 1. The summed E-state index contributed by atoms with van der Waals surface area (Å²) < 4.78 is 17.6. The van der Waals surface area contributed by atoms with Crippen LogP contribution >= 0.6 is 0 Å². The number of ether oxygens (including phenoxy) is 3. The van der Waals surface area contributed by atoms with Crippen molar-refractivity contribution >= 4 is 11.9 Å². The summed E-state index contributed by atoms with van der Waals surface area (Å²) in [6, 6.07) is -1.03. The predicted molar refractivity (Wildman–Crippen MR) is 292 cm³/mol. The Morgan fingerprint density at radius 1 is 0.563 bits per heavy atom. The number of aliphatic hydroxyl groups is 5. The van der Waals surface area contributed by atoms with Gasteiger partial charge in [0.05, 0.1) is 25.4 Å². The number of hydrogen-bond donors (Lipinski definition) is 6. The molecule has 8 unspecified atom stereocenters. The fourth-order valence-corrected chi connectivity index (χ4v) is 9.08. The second-order valence-electron chi connectivity index (χ2n) is 20.4. The van der Waals surface area contributed by atoms with Gasteiger partial charge in [-0.2, -0.15) is 0 Å². The van der Waals surface area contributed by atoms with Crippen molar-refractivity contribution in [3.63, 3.8) is 0 Å². The third-order valence-corrected chi connectivity index (χ3v) is 13.7. The van der Waals surface area contributed by atoms with Crippen LogP contribution in [0.1, 0.15) is 258 Å². The highest BCUT2D eigenvalue weighted by atomic mass is 16.7. The van der Waals surface area contributed by atoms with E-state index in [1.165, 1.54) is 128 Å². The fraction of sp³-hybridized carbons (Fsp3) is 0.833. The van der Waals surface area contributed by atoms with Gasteiger partial charge in [0.15, 0.2) is 12.4 Å². The first kappa shape index (κ1) is 66.6. The molecule has 0 aromatic carbocycles. The van der Waals surface area contributed by atoms with E-state index in [2.05, 4.69) is 62.5 Å². The molecule has 1 aliphatic rings. The number of aliphatic hydroxyl groups excluding tert-OH is 5. The lowest BCUT2D eigenvalue weighted by molar-refractivity contribution is -0.305. The molecule has 0 spiro atoms. The quantitative estimate of drug-likeness (QED) is 0.0195. The zero-order chi connectivity index (χ0) is 51.8. The average Bonchev–Trinajstić information content (AvgIpc) is 3.37. The second kappa shape index (κ2) is 48.6. The van der Waals surface area contributed by atoms with Gasteiger partial charge in [0.1, 0.15) is 24.4 Å². The maximum absolute atomic E-state index is 13.4. The molecule has 0 radical (unpaired) electrons. The Kier molecular flexibility index (Phi) is 45.6. The van der Waals surface area contributed by atoms with Crippen LogP contribution in [-0.4, -0.2) is 99.6 Å². The Morgan fingerprint density at radius 2 is 1.01 bits per heavy atom. The number of amides is 1. The molecule has 0 aromatic heterocycles. The summed E-state index contributed by atoms with van der Waals surface area (Å²) in [4.78, 5) is 26.5. The van der Waals surface area contributed by atoms with E-state index in [1.807, 2.05) is 6.08 Å². The molecular formula is C60H109NO10. The van der Waals surface area contributed by atoms with Gasteiger partial charge in [-0.05, 0) is 57.8 Å². The van der Waals surface area contributed by atoms with E-state index in [1.54, 1.807) is 6.08 Å². The first-order valence-corrected chi connectivity index (χ1v) is 29.4. The van der Waals surface area contributed by atoms with Crippen molar-refractivity contribution in [2.24, 2.45) is 0 Å². The largest absolute Gasteiger partial charge is 0.454 e. The summed E-state index contributed by atoms with van der Waals surface area (Å²) in [6.07, 6.45) is 47.2. The summed E-state index contributed by atoms with van der Waals surface area (Å²) in [7, 11) is 0. The Labute approximate surface area is 434 Å². The predicted octanol–water partition coefficient (Wildman–Crippen LogP) is 13.3. The molecule has 1 heterocycles. The Balaban J connectivity index is 2.72. The maximum Gasteiger partial charge on any atom is 0.306 e. The van der Waals surface area contributed by atoms with Crippen molar-refractivity contribution in [1.82, 2.24) is 5.32 Å². The molecule has 1 amide bonds. The van der Waals surface area contributed by atoms with Crippen LogP contribution in [0.4, 0.5) is 0 Å². The average molecular weight is 1000 g/mol. The molecule has 8 atom stereocenters. The lowest BCUT2D eigenvalue weighted by Crippen LogP contribution is -2.61. The fourth-order valence-electron chi connectivity index (χ4n) is 9.08. The molecule has 1 fully saturated rings. The number of allylic oxidation sites excluding steroid dienone is 7. The highest BCUT2D eigenvalue weighted by Gasteiger charge is 2.47. The Bertz CT molecular complexity index is 1340. The first-order chi connectivity index (χ1) is 34.7. The smallest absolute Gasteiger partial charge is 0.306 e. The van der Waals surface area contributed by atoms with Gasteiger partial charge in [-0.15, -0.1) is 0 Å². The van der Waals surface area contributed by atoms with Gasteiger partial charge in [-0.3, -0.25) is 9.59 Å². The van der Waals surface area contributed by atoms with Gasteiger partial charge >= 0.3 is 5.97 Å². The van der Waals surface area contributed by atoms with E-state index in [0.717, 1.165) is 83.5 Å². The van der Waals surface area contributed by atoms with Crippen LogP contribution in [0.3, 0.4) is 0 Å². The zero-order valence-electron chi connectivity index (χ0n) is 45.6. The number of unbranched alkanes of at least 4 members (excludes halogenated alkanes) is 29. The van der Waals surface area contributed by atoms with E-state index in [9.17, 15) is 35.1 Å². The normalized spacial score (nSPS) is 19.9. The molecular weight excluding hydrogens is 895 g/mol. The molecule has 71 heavy (non-hydrogen) atoms. The molecule has 1 saturated heterocycles. The molecule has 11 nitrogen and oxygen atoms in total. The first-order valence-electron chi connectivity index (χ1n) is 29.4. The number of carbonyl (C=O) groups excluding carboxylic acids is 2. The van der Waals surface area contributed by atoms with E-state index in [-0.39, 0.29) is 13.0 Å². The van der Waals surface area contributed by atoms with Crippen molar-refractivity contribution in [1.29, 1.82) is 0 Å². The molecule has 414 valence electrons. The molecule has 0 aliphatic carbocycles. The van der Waals surface area contributed by atoms with Crippen molar-refractivity contribution in [3.8, 4) is 0 Å². The molecule has 11 heteroatoms. The van der Waals surface area contributed by atoms with Gasteiger partial charge < -0.3 is 45.1 Å². The van der Waals surface area contributed by atoms with Crippen LogP contribution in [0.25, 0.3) is 0 Å².